The monoisotopic (exact) mass is 418 g/mol. The number of aryl methyl sites for hydroxylation is 1. The summed E-state index contributed by atoms with van der Waals surface area (Å²) < 4.78 is 2.07. The minimum atomic E-state index is -0.109. The molecule has 0 atom stereocenters. The average molecular weight is 419 g/mol. The summed E-state index contributed by atoms with van der Waals surface area (Å²) in [5, 5.41) is 7.40. The Morgan fingerprint density at radius 3 is 1.94 bits per heavy atom. The second-order valence-corrected chi connectivity index (χ2v) is 7.55. The van der Waals surface area contributed by atoms with Crippen LogP contribution in [0.5, 0.6) is 0 Å². The molecule has 0 saturated carbocycles. The van der Waals surface area contributed by atoms with Crippen LogP contribution in [-0.2, 0) is 0 Å². The lowest BCUT2D eigenvalue weighted by Crippen LogP contribution is -2.18. The van der Waals surface area contributed by atoms with Gasteiger partial charge in [-0.2, -0.15) is 0 Å². The number of fused-ring (bicyclic) bond motifs is 1. The number of benzene rings is 3. The summed E-state index contributed by atoms with van der Waals surface area (Å²) >= 11 is 0. The fourth-order valence-corrected chi connectivity index (χ4v) is 3.78. The van der Waals surface area contributed by atoms with Crippen molar-refractivity contribution >= 4 is 33.8 Å². The van der Waals surface area contributed by atoms with Crippen molar-refractivity contribution in [1.29, 1.82) is 0 Å². The molecular weight excluding hydrogens is 396 g/mol. The zero-order valence-corrected chi connectivity index (χ0v) is 17.6. The van der Waals surface area contributed by atoms with Crippen LogP contribution in [0.4, 0.5) is 22.9 Å². The minimum absolute atomic E-state index is 0.109. The number of para-hydroxylation sites is 3. The number of pyridine rings is 2. The molecular formula is C27H22N4O. The minimum Gasteiger partial charge on any atom is -0.349 e. The second-order valence-electron chi connectivity index (χ2n) is 7.55. The molecule has 0 radical (unpaired) electrons. The first-order chi connectivity index (χ1) is 15.7. The highest BCUT2D eigenvalue weighted by molar-refractivity contribution is 5.91. The molecule has 5 rings (SSSR count). The van der Waals surface area contributed by atoms with E-state index in [1.54, 1.807) is 6.20 Å². The smallest absolute Gasteiger partial charge is 0.216 e. The summed E-state index contributed by atoms with van der Waals surface area (Å²) in [5.41, 5.74) is 4.65. The van der Waals surface area contributed by atoms with E-state index >= 15 is 0 Å². The van der Waals surface area contributed by atoms with Crippen molar-refractivity contribution in [2.24, 2.45) is 0 Å². The van der Waals surface area contributed by atoms with E-state index in [1.165, 1.54) is 0 Å². The van der Waals surface area contributed by atoms with Gasteiger partial charge in [0.05, 0.1) is 10.9 Å². The molecule has 0 bridgehead atoms. The van der Waals surface area contributed by atoms with Gasteiger partial charge in [-0.15, -0.1) is 0 Å². The normalized spacial score (nSPS) is 10.8. The summed E-state index contributed by atoms with van der Waals surface area (Å²) in [5.74, 6) is 0.661. The predicted octanol–water partition coefficient (Wildman–Crippen LogP) is 6.18. The van der Waals surface area contributed by atoms with Gasteiger partial charge in [-0.1, -0.05) is 54.6 Å². The molecule has 156 valence electrons. The molecule has 2 N–H and O–H groups in total. The number of aromatic nitrogens is 2. The van der Waals surface area contributed by atoms with Crippen molar-refractivity contribution < 1.29 is 0 Å². The van der Waals surface area contributed by atoms with Crippen molar-refractivity contribution in [2.45, 2.75) is 6.92 Å². The van der Waals surface area contributed by atoms with Crippen LogP contribution in [0.3, 0.4) is 0 Å². The molecule has 0 aliphatic heterocycles. The van der Waals surface area contributed by atoms with Crippen LogP contribution in [0.15, 0.2) is 108 Å². The van der Waals surface area contributed by atoms with Crippen molar-refractivity contribution in [3.63, 3.8) is 0 Å². The third-order valence-corrected chi connectivity index (χ3v) is 5.29. The zero-order chi connectivity index (χ0) is 21.9. The van der Waals surface area contributed by atoms with E-state index in [0.29, 0.717) is 16.9 Å². The van der Waals surface area contributed by atoms with Crippen LogP contribution in [0.25, 0.3) is 16.6 Å². The summed E-state index contributed by atoms with van der Waals surface area (Å²) in [6, 6.07) is 31.5. The van der Waals surface area contributed by atoms with E-state index in [9.17, 15) is 4.79 Å². The van der Waals surface area contributed by atoms with Gasteiger partial charge in [-0.05, 0) is 49.4 Å². The number of nitrogens with zero attached hydrogens (tertiary/aromatic N) is 2. The van der Waals surface area contributed by atoms with E-state index < -0.39 is 0 Å². The van der Waals surface area contributed by atoms with Gasteiger partial charge in [0.1, 0.15) is 11.5 Å². The van der Waals surface area contributed by atoms with E-state index in [1.807, 2.05) is 104 Å². The summed E-state index contributed by atoms with van der Waals surface area (Å²) in [7, 11) is 0. The Labute approximate surface area is 186 Å². The van der Waals surface area contributed by atoms with Crippen LogP contribution in [0.1, 0.15) is 5.69 Å². The Balaban J connectivity index is 1.86. The van der Waals surface area contributed by atoms with Crippen molar-refractivity contribution in [2.75, 3.05) is 10.6 Å². The van der Waals surface area contributed by atoms with Gasteiger partial charge in [0.2, 0.25) is 5.43 Å². The SMILES string of the molecule is Cc1cc2c(cn1)c(=O)c(Nc1ccccc1)c(Nc1ccccc1)n2-c1ccccc1. The maximum Gasteiger partial charge on any atom is 0.216 e. The fraction of sp³-hybridized carbons (Fsp3) is 0.0370. The van der Waals surface area contributed by atoms with Gasteiger partial charge >= 0.3 is 0 Å². The molecule has 0 spiro atoms. The van der Waals surface area contributed by atoms with E-state index in [4.69, 9.17) is 0 Å². The van der Waals surface area contributed by atoms with Crippen molar-refractivity contribution in [1.82, 2.24) is 9.55 Å². The molecule has 3 aromatic carbocycles. The highest BCUT2D eigenvalue weighted by atomic mass is 16.1. The predicted molar refractivity (Wildman–Crippen MR) is 132 cm³/mol. The molecule has 0 aliphatic rings. The standard InChI is InChI=1S/C27H22N4O/c1-19-17-24-23(18-28-19)26(32)25(29-20-11-5-2-6-12-20)27(30-21-13-7-3-8-14-21)31(24)22-15-9-4-10-16-22/h2-18,29-30H,1H3. The van der Waals surface area contributed by atoms with Gasteiger partial charge in [0, 0.05) is 29.0 Å². The van der Waals surface area contributed by atoms with Crippen LogP contribution < -0.4 is 16.1 Å². The summed E-state index contributed by atoms with van der Waals surface area (Å²) in [6.07, 6.45) is 1.66. The molecule has 32 heavy (non-hydrogen) atoms. The number of hydrogen-bond donors (Lipinski definition) is 2. The topological polar surface area (TPSA) is 59.0 Å². The van der Waals surface area contributed by atoms with Gasteiger partial charge in [-0.25, -0.2) is 0 Å². The average Bonchev–Trinajstić information content (AvgIpc) is 2.83. The molecule has 5 aromatic rings. The molecule has 0 saturated heterocycles. The van der Waals surface area contributed by atoms with Crippen LogP contribution in [-0.4, -0.2) is 9.55 Å². The van der Waals surface area contributed by atoms with Crippen molar-refractivity contribution in [3.8, 4) is 5.69 Å². The molecule has 0 amide bonds. The van der Waals surface area contributed by atoms with E-state index in [-0.39, 0.29) is 5.43 Å². The Kier molecular flexibility index (Phi) is 5.14. The molecule has 0 fully saturated rings. The first-order valence-electron chi connectivity index (χ1n) is 10.5. The van der Waals surface area contributed by atoms with Crippen LogP contribution >= 0.6 is 0 Å². The van der Waals surface area contributed by atoms with Crippen LogP contribution in [0, 0.1) is 6.92 Å². The Morgan fingerprint density at radius 1 is 0.750 bits per heavy atom. The first-order valence-corrected chi connectivity index (χ1v) is 10.5. The lowest BCUT2D eigenvalue weighted by molar-refractivity contribution is 1.09. The summed E-state index contributed by atoms with van der Waals surface area (Å²) in [6.45, 7) is 1.93. The van der Waals surface area contributed by atoms with Gasteiger partial charge in [-0.3, -0.25) is 14.3 Å². The van der Waals surface area contributed by atoms with Gasteiger partial charge in [0.25, 0.3) is 0 Å². The zero-order valence-electron chi connectivity index (χ0n) is 17.6. The maximum absolute atomic E-state index is 13.7. The van der Waals surface area contributed by atoms with Gasteiger partial charge in [0.15, 0.2) is 0 Å². The second kappa shape index (κ2) is 8.40. The molecule has 2 aromatic heterocycles. The lowest BCUT2D eigenvalue weighted by Gasteiger charge is -2.22. The fourth-order valence-electron chi connectivity index (χ4n) is 3.78. The molecule has 2 heterocycles. The number of anilines is 4. The first kappa shape index (κ1) is 19.6. The Hall–Kier alpha value is -4.38. The van der Waals surface area contributed by atoms with Gasteiger partial charge < -0.3 is 10.6 Å². The molecule has 0 unspecified atom stereocenters. The van der Waals surface area contributed by atoms with Crippen molar-refractivity contribution in [3.05, 3.63) is 119 Å². The highest BCUT2D eigenvalue weighted by Gasteiger charge is 2.19. The quantitative estimate of drug-likeness (QED) is 0.358. The Bertz CT molecular complexity index is 1430. The number of nitrogens with one attached hydrogen (secondary N) is 2. The van der Waals surface area contributed by atoms with E-state index in [0.717, 1.165) is 28.3 Å². The number of rotatable bonds is 5. The highest BCUT2D eigenvalue weighted by Crippen LogP contribution is 2.32. The molecule has 5 heteroatoms. The lowest BCUT2D eigenvalue weighted by atomic mass is 10.1. The van der Waals surface area contributed by atoms with Crippen LogP contribution in [0.2, 0.25) is 0 Å². The summed E-state index contributed by atoms with van der Waals surface area (Å²) in [4.78, 5) is 18.1. The number of hydrogen-bond acceptors (Lipinski definition) is 4. The Morgan fingerprint density at radius 2 is 1.31 bits per heavy atom. The molecule has 0 aliphatic carbocycles. The largest absolute Gasteiger partial charge is 0.349 e. The third kappa shape index (κ3) is 3.72. The molecule has 5 nitrogen and oxygen atoms in total. The third-order valence-electron chi connectivity index (χ3n) is 5.29. The van der Waals surface area contributed by atoms with E-state index in [2.05, 4.69) is 20.2 Å². The maximum atomic E-state index is 13.7.